The molecular weight excluding hydrogens is 252 g/mol. The summed E-state index contributed by atoms with van der Waals surface area (Å²) in [5.41, 5.74) is 1.14. The van der Waals surface area contributed by atoms with Gasteiger partial charge in [0.25, 0.3) is 0 Å². The topological polar surface area (TPSA) is 62.2 Å². The Morgan fingerprint density at radius 1 is 1.30 bits per heavy atom. The van der Waals surface area contributed by atoms with Crippen LogP contribution in [0.5, 0.6) is 0 Å². The van der Waals surface area contributed by atoms with Crippen LogP contribution in [0.3, 0.4) is 0 Å². The van der Waals surface area contributed by atoms with E-state index in [4.69, 9.17) is 0 Å². The number of hydrogen-bond donors (Lipinski definition) is 2. The highest BCUT2D eigenvalue weighted by molar-refractivity contribution is 5.88. The van der Waals surface area contributed by atoms with Crippen LogP contribution < -0.4 is 5.32 Å². The van der Waals surface area contributed by atoms with Gasteiger partial charge in [-0.25, -0.2) is 9.78 Å². The maximum atomic E-state index is 11.2. The van der Waals surface area contributed by atoms with Gasteiger partial charge in [0, 0.05) is 11.7 Å². The molecule has 1 saturated carbocycles. The molecule has 1 aliphatic rings. The highest BCUT2D eigenvalue weighted by Gasteiger charge is 2.22. The number of carboxylic acids is 1. The number of aromatic nitrogens is 1. The molecule has 1 aliphatic carbocycles. The zero-order chi connectivity index (χ0) is 14.7. The van der Waals surface area contributed by atoms with E-state index in [-0.39, 0.29) is 5.92 Å². The van der Waals surface area contributed by atoms with E-state index in [0.717, 1.165) is 5.69 Å². The van der Waals surface area contributed by atoms with Crippen molar-refractivity contribution in [2.75, 3.05) is 5.32 Å². The van der Waals surface area contributed by atoms with Gasteiger partial charge in [-0.15, -0.1) is 0 Å². The van der Waals surface area contributed by atoms with Crippen molar-refractivity contribution in [3.63, 3.8) is 0 Å². The van der Waals surface area contributed by atoms with Crippen LogP contribution in [0.15, 0.2) is 12.1 Å². The van der Waals surface area contributed by atoms with E-state index in [1.807, 2.05) is 13.8 Å². The van der Waals surface area contributed by atoms with Crippen LogP contribution in [-0.2, 0) is 0 Å². The maximum Gasteiger partial charge on any atom is 0.335 e. The molecule has 1 atom stereocenters. The Balaban J connectivity index is 2.19. The smallest absolute Gasteiger partial charge is 0.335 e. The van der Waals surface area contributed by atoms with E-state index in [0.29, 0.717) is 23.3 Å². The number of nitrogens with one attached hydrogen (secondary N) is 1. The Morgan fingerprint density at radius 3 is 2.50 bits per heavy atom. The molecule has 4 nitrogen and oxygen atoms in total. The number of aromatic carboxylic acids is 1. The third-order valence-electron chi connectivity index (χ3n) is 4.17. The Bertz CT molecular complexity index is 479. The molecule has 20 heavy (non-hydrogen) atoms. The van der Waals surface area contributed by atoms with Gasteiger partial charge in [0.05, 0.1) is 5.56 Å². The number of carboxylic acid groups (broad SMARTS) is 1. The number of nitrogens with zero attached hydrogens (tertiary/aromatic N) is 1. The average Bonchev–Trinajstić information content (AvgIpc) is 2.92. The summed E-state index contributed by atoms with van der Waals surface area (Å²) in [4.78, 5) is 15.8. The summed E-state index contributed by atoms with van der Waals surface area (Å²) >= 11 is 0. The van der Waals surface area contributed by atoms with Gasteiger partial charge in [0.2, 0.25) is 0 Å². The van der Waals surface area contributed by atoms with Gasteiger partial charge in [-0.05, 0) is 43.7 Å². The molecule has 0 aromatic carbocycles. The van der Waals surface area contributed by atoms with Crippen molar-refractivity contribution in [1.29, 1.82) is 0 Å². The molecule has 1 aromatic rings. The van der Waals surface area contributed by atoms with Gasteiger partial charge in [-0.2, -0.15) is 0 Å². The number of pyridine rings is 1. The molecule has 0 bridgehead atoms. The molecule has 2 rings (SSSR count). The number of carbonyl (C=O) groups is 1. The van der Waals surface area contributed by atoms with Crippen LogP contribution in [0.1, 0.15) is 68.4 Å². The molecule has 0 radical (unpaired) electrons. The summed E-state index contributed by atoms with van der Waals surface area (Å²) in [5.74, 6) is 0.684. The van der Waals surface area contributed by atoms with E-state index in [2.05, 4.69) is 17.2 Å². The summed E-state index contributed by atoms with van der Waals surface area (Å²) in [5, 5.41) is 12.6. The van der Waals surface area contributed by atoms with Crippen LogP contribution in [-0.4, -0.2) is 22.1 Å². The fourth-order valence-corrected chi connectivity index (χ4v) is 2.85. The van der Waals surface area contributed by atoms with Crippen molar-refractivity contribution in [2.45, 2.75) is 58.4 Å². The minimum Gasteiger partial charge on any atom is -0.478 e. The van der Waals surface area contributed by atoms with Crippen LogP contribution in [0.25, 0.3) is 0 Å². The average molecular weight is 276 g/mol. The van der Waals surface area contributed by atoms with Crippen LogP contribution >= 0.6 is 0 Å². The minimum absolute atomic E-state index is 0.219. The molecule has 0 amide bonds. The molecule has 1 aromatic heterocycles. The predicted molar refractivity (Wildman–Crippen MR) is 80.3 cm³/mol. The monoisotopic (exact) mass is 276 g/mol. The Kier molecular flexibility index (Phi) is 4.63. The summed E-state index contributed by atoms with van der Waals surface area (Å²) in [6.45, 7) is 6.22. The van der Waals surface area contributed by atoms with Gasteiger partial charge in [0.15, 0.2) is 0 Å². The van der Waals surface area contributed by atoms with Crippen molar-refractivity contribution in [3.8, 4) is 0 Å². The van der Waals surface area contributed by atoms with Gasteiger partial charge in [0.1, 0.15) is 5.82 Å². The number of anilines is 1. The van der Waals surface area contributed by atoms with Crippen molar-refractivity contribution < 1.29 is 9.90 Å². The summed E-state index contributed by atoms with van der Waals surface area (Å²) in [6, 6.07) is 3.65. The van der Waals surface area contributed by atoms with E-state index in [1.165, 1.54) is 25.7 Å². The first-order valence-corrected chi connectivity index (χ1v) is 7.49. The third-order valence-corrected chi connectivity index (χ3v) is 4.17. The molecule has 1 heterocycles. The number of rotatable bonds is 5. The summed E-state index contributed by atoms with van der Waals surface area (Å²) < 4.78 is 0. The van der Waals surface area contributed by atoms with Gasteiger partial charge in [-0.3, -0.25) is 0 Å². The molecule has 4 heteroatoms. The molecule has 0 aliphatic heterocycles. The fourth-order valence-electron chi connectivity index (χ4n) is 2.85. The van der Waals surface area contributed by atoms with Gasteiger partial charge >= 0.3 is 5.97 Å². The van der Waals surface area contributed by atoms with Crippen molar-refractivity contribution in [2.24, 2.45) is 5.92 Å². The fraction of sp³-hybridized carbons (Fsp3) is 0.625. The van der Waals surface area contributed by atoms with E-state index < -0.39 is 5.97 Å². The standard InChI is InChI=1S/C16H24N2O2/c1-10(2)14-8-13(16(19)20)9-15(18-14)17-11(3)12-6-4-5-7-12/h8-12H,4-7H2,1-3H3,(H,17,18)(H,19,20). The van der Waals surface area contributed by atoms with Gasteiger partial charge < -0.3 is 10.4 Å². The quantitative estimate of drug-likeness (QED) is 0.856. The Morgan fingerprint density at radius 2 is 1.95 bits per heavy atom. The lowest BCUT2D eigenvalue weighted by Gasteiger charge is -2.21. The molecule has 1 unspecified atom stereocenters. The van der Waals surface area contributed by atoms with E-state index in [9.17, 15) is 9.90 Å². The van der Waals surface area contributed by atoms with Crippen LogP contribution in [0.4, 0.5) is 5.82 Å². The van der Waals surface area contributed by atoms with Gasteiger partial charge in [-0.1, -0.05) is 26.7 Å². The lowest BCUT2D eigenvalue weighted by Crippen LogP contribution is -2.24. The highest BCUT2D eigenvalue weighted by Crippen LogP contribution is 2.29. The first kappa shape index (κ1) is 14.8. The lowest BCUT2D eigenvalue weighted by molar-refractivity contribution is 0.0696. The lowest BCUT2D eigenvalue weighted by atomic mass is 9.99. The highest BCUT2D eigenvalue weighted by atomic mass is 16.4. The second-order valence-corrected chi connectivity index (χ2v) is 6.10. The second-order valence-electron chi connectivity index (χ2n) is 6.10. The second kappa shape index (κ2) is 6.25. The van der Waals surface area contributed by atoms with E-state index >= 15 is 0 Å². The first-order valence-electron chi connectivity index (χ1n) is 7.49. The van der Waals surface area contributed by atoms with Crippen LogP contribution in [0, 0.1) is 5.92 Å². The Hall–Kier alpha value is -1.58. The largest absolute Gasteiger partial charge is 0.478 e. The number of hydrogen-bond acceptors (Lipinski definition) is 3. The normalized spacial score (nSPS) is 17.4. The molecule has 0 saturated heterocycles. The van der Waals surface area contributed by atoms with Crippen molar-refractivity contribution in [1.82, 2.24) is 4.98 Å². The molecule has 0 spiro atoms. The first-order chi connectivity index (χ1) is 9.47. The molecule has 1 fully saturated rings. The predicted octanol–water partition coefficient (Wildman–Crippen LogP) is 3.89. The van der Waals surface area contributed by atoms with Crippen molar-refractivity contribution >= 4 is 11.8 Å². The zero-order valence-corrected chi connectivity index (χ0v) is 12.5. The molecular formula is C16H24N2O2. The maximum absolute atomic E-state index is 11.2. The van der Waals surface area contributed by atoms with Crippen molar-refractivity contribution in [3.05, 3.63) is 23.4 Å². The molecule has 110 valence electrons. The summed E-state index contributed by atoms with van der Waals surface area (Å²) in [7, 11) is 0. The molecule has 2 N–H and O–H groups in total. The van der Waals surface area contributed by atoms with E-state index in [1.54, 1.807) is 12.1 Å². The zero-order valence-electron chi connectivity index (χ0n) is 12.5. The SMILES string of the molecule is CC(C)c1cc(C(=O)O)cc(NC(C)C2CCCC2)n1. The third kappa shape index (κ3) is 3.50. The summed E-state index contributed by atoms with van der Waals surface area (Å²) in [6.07, 6.45) is 5.11. The minimum atomic E-state index is -0.897. The Labute approximate surface area is 120 Å². The van der Waals surface area contributed by atoms with Crippen LogP contribution in [0.2, 0.25) is 0 Å².